The first kappa shape index (κ1) is 16.0. The number of nitrogens with zero attached hydrogens (tertiary/aromatic N) is 3. The molecule has 0 spiro atoms. The van der Waals surface area contributed by atoms with E-state index in [2.05, 4.69) is 27.4 Å². The van der Waals surface area contributed by atoms with Crippen LogP contribution in [-0.2, 0) is 0 Å². The fraction of sp³-hybridized carbons (Fsp3) is 0.533. The SMILES string of the molecule is C=CCN(CCN1CCCCC1)c1ccccn1.Cl. The summed E-state index contributed by atoms with van der Waals surface area (Å²) in [4.78, 5) is 9.27. The van der Waals surface area contributed by atoms with Crippen LogP contribution in [0.3, 0.4) is 0 Å². The highest BCUT2D eigenvalue weighted by Gasteiger charge is 2.12. The predicted octanol–water partition coefficient (Wildman–Crippen LogP) is 2.98. The number of halogens is 1. The first-order chi connectivity index (χ1) is 8.90. The second-order valence-corrected chi connectivity index (χ2v) is 4.82. The lowest BCUT2D eigenvalue weighted by atomic mass is 10.1. The minimum atomic E-state index is 0. The number of aromatic nitrogens is 1. The van der Waals surface area contributed by atoms with Crippen molar-refractivity contribution in [3.8, 4) is 0 Å². The second kappa shape index (κ2) is 8.94. The molecule has 0 aliphatic carbocycles. The lowest BCUT2D eigenvalue weighted by molar-refractivity contribution is 0.233. The number of likely N-dealkylation sites (tertiary alicyclic amines) is 1. The van der Waals surface area contributed by atoms with E-state index in [0.717, 1.165) is 25.5 Å². The quantitative estimate of drug-likeness (QED) is 0.748. The summed E-state index contributed by atoms with van der Waals surface area (Å²) in [5.74, 6) is 1.05. The first-order valence-electron chi connectivity index (χ1n) is 6.89. The van der Waals surface area contributed by atoms with Gasteiger partial charge in [-0.25, -0.2) is 4.98 Å². The van der Waals surface area contributed by atoms with Crippen molar-refractivity contribution in [3.05, 3.63) is 37.1 Å². The van der Waals surface area contributed by atoms with Crippen molar-refractivity contribution < 1.29 is 0 Å². The van der Waals surface area contributed by atoms with Crippen LogP contribution in [0.1, 0.15) is 19.3 Å². The Labute approximate surface area is 122 Å². The molecule has 106 valence electrons. The smallest absolute Gasteiger partial charge is 0.128 e. The van der Waals surface area contributed by atoms with E-state index < -0.39 is 0 Å². The lowest BCUT2D eigenvalue weighted by Gasteiger charge is -2.30. The molecule has 1 aliphatic heterocycles. The minimum absolute atomic E-state index is 0. The molecular formula is C15H24ClN3. The van der Waals surface area contributed by atoms with Crippen LogP contribution in [0.5, 0.6) is 0 Å². The molecular weight excluding hydrogens is 258 g/mol. The average Bonchev–Trinajstić information content (AvgIpc) is 2.45. The maximum Gasteiger partial charge on any atom is 0.128 e. The van der Waals surface area contributed by atoms with Gasteiger partial charge in [0.15, 0.2) is 0 Å². The average molecular weight is 282 g/mol. The van der Waals surface area contributed by atoms with Gasteiger partial charge < -0.3 is 9.80 Å². The zero-order valence-electron chi connectivity index (χ0n) is 11.5. The molecule has 2 rings (SSSR count). The Morgan fingerprint density at radius 2 is 2.05 bits per heavy atom. The second-order valence-electron chi connectivity index (χ2n) is 4.82. The largest absolute Gasteiger partial charge is 0.352 e. The topological polar surface area (TPSA) is 19.4 Å². The van der Waals surface area contributed by atoms with Crippen molar-refractivity contribution in [1.82, 2.24) is 9.88 Å². The van der Waals surface area contributed by atoms with Gasteiger partial charge >= 0.3 is 0 Å². The summed E-state index contributed by atoms with van der Waals surface area (Å²) in [7, 11) is 0. The minimum Gasteiger partial charge on any atom is -0.352 e. The molecule has 1 fully saturated rings. The monoisotopic (exact) mass is 281 g/mol. The van der Waals surface area contributed by atoms with Crippen LogP contribution in [-0.4, -0.2) is 42.6 Å². The van der Waals surface area contributed by atoms with Crippen LogP contribution < -0.4 is 4.90 Å². The molecule has 1 aromatic rings. The molecule has 0 bridgehead atoms. The Kier molecular flexibility index (Phi) is 7.53. The molecule has 4 heteroatoms. The molecule has 0 unspecified atom stereocenters. The highest BCUT2D eigenvalue weighted by atomic mass is 35.5. The molecule has 19 heavy (non-hydrogen) atoms. The Hall–Kier alpha value is -1.06. The molecule has 2 heterocycles. The van der Waals surface area contributed by atoms with Crippen LogP contribution >= 0.6 is 12.4 Å². The van der Waals surface area contributed by atoms with E-state index in [1.54, 1.807) is 0 Å². The Morgan fingerprint density at radius 3 is 2.68 bits per heavy atom. The normalized spacial score (nSPS) is 15.6. The van der Waals surface area contributed by atoms with Crippen molar-refractivity contribution in [2.45, 2.75) is 19.3 Å². The lowest BCUT2D eigenvalue weighted by Crippen LogP contribution is -2.38. The Bertz CT molecular complexity index is 350. The summed E-state index contributed by atoms with van der Waals surface area (Å²) < 4.78 is 0. The van der Waals surface area contributed by atoms with Gasteiger partial charge in [-0.3, -0.25) is 0 Å². The maximum absolute atomic E-state index is 4.42. The van der Waals surface area contributed by atoms with Gasteiger partial charge in [0.05, 0.1) is 0 Å². The first-order valence-corrected chi connectivity index (χ1v) is 6.89. The summed E-state index contributed by atoms with van der Waals surface area (Å²) in [6, 6.07) is 6.07. The summed E-state index contributed by atoms with van der Waals surface area (Å²) in [6.45, 7) is 9.37. The third kappa shape index (κ3) is 5.21. The summed E-state index contributed by atoms with van der Waals surface area (Å²) in [6.07, 6.45) is 7.90. The Balaban J connectivity index is 0.00000180. The molecule has 0 radical (unpaired) electrons. The molecule has 1 aliphatic rings. The molecule has 1 saturated heterocycles. The van der Waals surface area contributed by atoms with E-state index in [9.17, 15) is 0 Å². The van der Waals surface area contributed by atoms with Crippen LogP contribution in [0.4, 0.5) is 5.82 Å². The fourth-order valence-electron chi connectivity index (χ4n) is 2.44. The van der Waals surface area contributed by atoms with Gasteiger partial charge in [-0.2, -0.15) is 0 Å². The van der Waals surface area contributed by atoms with Crippen molar-refractivity contribution in [3.63, 3.8) is 0 Å². The Morgan fingerprint density at radius 1 is 1.26 bits per heavy atom. The zero-order valence-corrected chi connectivity index (χ0v) is 12.3. The third-order valence-corrected chi connectivity index (χ3v) is 3.46. The van der Waals surface area contributed by atoms with Crippen molar-refractivity contribution >= 4 is 18.2 Å². The van der Waals surface area contributed by atoms with Gasteiger partial charge in [0, 0.05) is 25.8 Å². The van der Waals surface area contributed by atoms with Crippen LogP contribution in [0.15, 0.2) is 37.1 Å². The predicted molar refractivity (Wildman–Crippen MR) is 84.2 cm³/mol. The number of pyridine rings is 1. The maximum atomic E-state index is 4.42. The van der Waals surface area contributed by atoms with E-state index in [1.807, 2.05) is 24.4 Å². The summed E-state index contributed by atoms with van der Waals surface area (Å²) in [5, 5.41) is 0. The molecule has 0 amide bonds. The van der Waals surface area contributed by atoms with Gasteiger partial charge in [0.25, 0.3) is 0 Å². The molecule has 3 nitrogen and oxygen atoms in total. The summed E-state index contributed by atoms with van der Waals surface area (Å²) >= 11 is 0. The molecule has 0 atom stereocenters. The van der Waals surface area contributed by atoms with E-state index in [4.69, 9.17) is 0 Å². The zero-order chi connectivity index (χ0) is 12.6. The number of hydrogen-bond acceptors (Lipinski definition) is 3. The number of piperidine rings is 1. The van der Waals surface area contributed by atoms with Crippen molar-refractivity contribution in [2.75, 3.05) is 37.6 Å². The molecule has 0 N–H and O–H groups in total. The van der Waals surface area contributed by atoms with E-state index >= 15 is 0 Å². The highest BCUT2D eigenvalue weighted by Crippen LogP contribution is 2.11. The fourth-order valence-corrected chi connectivity index (χ4v) is 2.44. The summed E-state index contributed by atoms with van der Waals surface area (Å²) in [5.41, 5.74) is 0. The van der Waals surface area contributed by atoms with Gasteiger partial charge in [-0.05, 0) is 38.1 Å². The standard InChI is InChI=1S/C15H23N3.ClH/c1-2-10-18(15-8-4-5-9-16-15)14-13-17-11-6-3-7-12-17;/h2,4-5,8-9H,1,3,6-7,10-14H2;1H. The molecule has 0 aromatic carbocycles. The van der Waals surface area contributed by atoms with Gasteiger partial charge in [0.1, 0.15) is 5.82 Å². The van der Waals surface area contributed by atoms with Gasteiger partial charge in [-0.1, -0.05) is 18.6 Å². The number of rotatable bonds is 6. The third-order valence-electron chi connectivity index (χ3n) is 3.46. The van der Waals surface area contributed by atoms with Gasteiger partial charge in [-0.15, -0.1) is 19.0 Å². The van der Waals surface area contributed by atoms with Crippen LogP contribution in [0.2, 0.25) is 0 Å². The van der Waals surface area contributed by atoms with E-state index in [-0.39, 0.29) is 12.4 Å². The van der Waals surface area contributed by atoms with E-state index in [1.165, 1.54) is 32.4 Å². The highest BCUT2D eigenvalue weighted by molar-refractivity contribution is 5.85. The van der Waals surface area contributed by atoms with Crippen molar-refractivity contribution in [2.24, 2.45) is 0 Å². The number of anilines is 1. The molecule has 1 aromatic heterocycles. The van der Waals surface area contributed by atoms with Crippen molar-refractivity contribution in [1.29, 1.82) is 0 Å². The van der Waals surface area contributed by atoms with Gasteiger partial charge in [0.2, 0.25) is 0 Å². The van der Waals surface area contributed by atoms with Crippen LogP contribution in [0.25, 0.3) is 0 Å². The molecule has 0 saturated carbocycles. The van der Waals surface area contributed by atoms with Crippen LogP contribution in [0, 0.1) is 0 Å². The van der Waals surface area contributed by atoms with E-state index in [0.29, 0.717) is 0 Å². The number of hydrogen-bond donors (Lipinski definition) is 0.